The Kier molecular flexibility index (Phi) is 5.08. The molecule has 0 heterocycles. The highest BCUT2D eigenvalue weighted by molar-refractivity contribution is 7.89. The van der Waals surface area contributed by atoms with Gasteiger partial charge in [-0.1, -0.05) is 18.2 Å². The summed E-state index contributed by atoms with van der Waals surface area (Å²) in [7, 11) is -0.636. The summed E-state index contributed by atoms with van der Waals surface area (Å²) in [6, 6.07) is 11.6. The van der Waals surface area contributed by atoms with Crippen molar-refractivity contribution in [2.24, 2.45) is 0 Å². The third-order valence-electron chi connectivity index (χ3n) is 3.19. The smallest absolute Gasteiger partial charge is 0.242 e. The van der Waals surface area contributed by atoms with Gasteiger partial charge in [0.05, 0.1) is 4.90 Å². The number of rotatable bonds is 5. The van der Waals surface area contributed by atoms with Crippen molar-refractivity contribution >= 4 is 21.9 Å². The average Bonchev–Trinajstić information content (AvgIpc) is 2.52. The Morgan fingerprint density at radius 3 is 2.30 bits per heavy atom. The molecule has 23 heavy (non-hydrogen) atoms. The van der Waals surface area contributed by atoms with Gasteiger partial charge in [-0.05, 0) is 48.0 Å². The molecule has 0 aliphatic carbocycles. The molecule has 0 N–H and O–H groups in total. The Labute approximate surface area is 134 Å². The number of benzene rings is 2. The molecule has 0 unspecified atom stereocenters. The molecule has 0 bridgehead atoms. The lowest BCUT2D eigenvalue weighted by atomic mass is 10.1. The van der Waals surface area contributed by atoms with E-state index < -0.39 is 10.0 Å². The molecule has 0 fully saturated rings. The van der Waals surface area contributed by atoms with Crippen LogP contribution >= 0.6 is 0 Å². The number of sulfonamides is 1. The van der Waals surface area contributed by atoms with Gasteiger partial charge in [0, 0.05) is 19.7 Å². The monoisotopic (exact) mass is 333 g/mol. The van der Waals surface area contributed by atoms with E-state index in [1.54, 1.807) is 12.1 Å². The minimum atomic E-state index is -3.52. The van der Waals surface area contributed by atoms with Gasteiger partial charge in [0.1, 0.15) is 5.82 Å². The third kappa shape index (κ3) is 4.12. The van der Waals surface area contributed by atoms with Gasteiger partial charge in [-0.2, -0.15) is 0 Å². The van der Waals surface area contributed by atoms with Gasteiger partial charge in [-0.15, -0.1) is 0 Å². The van der Waals surface area contributed by atoms with Gasteiger partial charge < -0.3 is 0 Å². The maximum atomic E-state index is 13.1. The van der Waals surface area contributed by atoms with Gasteiger partial charge in [0.15, 0.2) is 5.78 Å². The summed E-state index contributed by atoms with van der Waals surface area (Å²) in [5, 5.41) is 0. The zero-order chi connectivity index (χ0) is 17.0. The first-order chi connectivity index (χ1) is 10.8. The lowest BCUT2D eigenvalue weighted by Gasteiger charge is -2.11. The molecule has 0 atom stereocenters. The average molecular weight is 333 g/mol. The highest BCUT2D eigenvalue weighted by atomic mass is 32.2. The molecule has 0 spiro atoms. The number of halogens is 1. The third-order valence-corrected chi connectivity index (χ3v) is 5.02. The Hall–Kier alpha value is -2.31. The highest BCUT2D eigenvalue weighted by Gasteiger charge is 2.17. The van der Waals surface area contributed by atoms with Crippen molar-refractivity contribution in [3.63, 3.8) is 0 Å². The first-order valence-corrected chi connectivity index (χ1v) is 8.25. The van der Waals surface area contributed by atoms with Crippen LogP contribution in [0.25, 0.3) is 6.08 Å². The number of nitrogens with zero attached hydrogens (tertiary/aromatic N) is 1. The summed E-state index contributed by atoms with van der Waals surface area (Å²) < 4.78 is 38.1. The molecule has 2 rings (SSSR count). The second-order valence-electron chi connectivity index (χ2n) is 5.06. The van der Waals surface area contributed by atoms with Gasteiger partial charge in [0.2, 0.25) is 10.0 Å². The van der Waals surface area contributed by atoms with Crippen LogP contribution in [0.15, 0.2) is 59.5 Å². The van der Waals surface area contributed by atoms with E-state index in [2.05, 4.69) is 0 Å². The van der Waals surface area contributed by atoms with Crippen LogP contribution in [0.3, 0.4) is 0 Å². The molecule has 0 aliphatic heterocycles. The maximum Gasteiger partial charge on any atom is 0.242 e. The predicted molar refractivity (Wildman–Crippen MR) is 87.1 cm³/mol. The molecule has 120 valence electrons. The molecule has 6 heteroatoms. The summed E-state index contributed by atoms with van der Waals surface area (Å²) in [5.74, 6) is -0.666. The number of hydrogen-bond donors (Lipinski definition) is 0. The van der Waals surface area contributed by atoms with Crippen molar-refractivity contribution < 1.29 is 17.6 Å². The van der Waals surface area contributed by atoms with Crippen molar-refractivity contribution in [2.75, 3.05) is 14.1 Å². The molecular weight excluding hydrogens is 317 g/mol. The van der Waals surface area contributed by atoms with E-state index in [1.165, 1.54) is 62.6 Å². The van der Waals surface area contributed by atoms with E-state index in [9.17, 15) is 17.6 Å². The zero-order valence-corrected chi connectivity index (χ0v) is 13.5. The predicted octanol–water partition coefficient (Wildman–Crippen LogP) is 2.97. The highest BCUT2D eigenvalue weighted by Crippen LogP contribution is 2.15. The minimum absolute atomic E-state index is 0.119. The van der Waals surface area contributed by atoms with Crippen molar-refractivity contribution in [3.05, 3.63) is 71.6 Å². The van der Waals surface area contributed by atoms with Gasteiger partial charge in [-0.25, -0.2) is 17.1 Å². The SMILES string of the molecule is CN(C)S(=O)(=O)c1ccc(C(=O)/C=C/c2cccc(F)c2)cc1. The Balaban J connectivity index is 2.18. The molecular formula is C17H16FNO3S. The molecule has 4 nitrogen and oxygen atoms in total. The fraction of sp³-hybridized carbons (Fsp3) is 0.118. The van der Waals surface area contributed by atoms with Gasteiger partial charge >= 0.3 is 0 Å². The largest absolute Gasteiger partial charge is 0.289 e. The minimum Gasteiger partial charge on any atom is -0.289 e. The van der Waals surface area contributed by atoms with E-state index in [0.29, 0.717) is 11.1 Å². The molecule has 0 aliphatic rings. The number of ketones is 1. The van der Waals surface area contributed by atoms with Crippen LogP contribution in [0.2, 0.25) is 0 Å². The van der Waals surface area contributed by atoms with E-state index in [1.807, 2.05) is 0 Å². The summed E-state index contributed by atoms with van der Waals surface area (Å²) in [4.78, 5) is 12.2. The number of hydrogen-bond acceptors (Lipinski definition) is 3. The fourth-order valence-corrected chi connectivity index (χ4v) is 2.78. The second-order valence-corrected chi connectivity index (χ2v) is 7.22. The molecule has 0 saturated carbocycles. The van der Waals surface area contributed by atoms with Crippen molar-refractivity contribution in [2.45, 2.75) is 4.90 Å². The fourth-order valence-electron chi connectivity index (χ4n) is 1.88. The van der Waals surface area contributed by atoms with Crippen LogP contribution in [0.1, 0.15) is 15.9 Å². The van der Waals surface area contributed by atoms with Gasteiger partial charge in [0.25, 0.3) is 0 Å². The van der Waals surface area contributed by atoms with Crippen LogP contribution in [0.5, 0.6) is 0 Å². The van der Waals surface area contributed by atoms with Crippen LogP contribution in [-0.4, -0.2) is 32.6 Å². The topological polar surface area (TPSA) is 54.5 Å². The van der Waals surface area contributed by atoms with Crippen molar-refractivity contribution in [1.29, 1.82) is 0 Å². The van der Waals surface area contributed by atoms with Crippen molar-refractivity contribution in [1.82, 2.24) is 4.31 Å². The summed E-state index contributed by atoms with van der Waals surface area (Å²) in [6.07, 6.45) is 2.83. The Morgan fingerprint density at radius 1 is 1.09 bits per heavy atom. The van der Waals surface area contributed by atoms with E-state index in [-0.39, 0.29) is 16.5 Å². The van der Waals surface area contributed by atoms with Crippen LogP contribution in [0.4, 0.5) is 4.39 Å². The van der Waals surface area contributed by atoms with E-state index >= 15 is 0 Å². The Bertz CT molecular complexity index is 840. The standard InChI is InChI=1S/C17H16FNO3S/c1-19(2)23(21,22)16-9-7-14(8-10-16)17(20)11-6-13-4-3-5-15(18)12-13/h3-12H,1-2H3/b11-6+. The maximum absolute atomic E-state index is 13.1. The van der Waals surface area contributed by atoms with Crippen LogP contribution in [-0.2, 0) is 10.0 Å². The van der Waals surface area contributed by atoms with Crippen LogP contribution in [0, 0.1) is 5.82 Å². The first kappa shape index (κ1) is 17.1. The van der Waals surface area contributed by atoms with Crippen LogP contribution < -0.4 is 0 Å². The molecule has 2 aromatic carbocycles. The number of allylic oxidation sites excluding steroid dienone is 1. The number of carbonyl (C=O) groups is 1. The molecule has 0 radical (unpaired) electrons. The lowest BCUT2D eigenvalue weighted by molar-refractivity contribution is 0.104. The Morgan fingerprint density at radius 2 is 1.74 bits per heavy atom. The molecule has 0 amide bonds. The van der Waals surface area contributed by atoms with E-state index in [0.717, 1.165) is 4.31 Å². The second kappa shape index (κ2) is 6.85. The first-order valence-electron chi connectivity index (χ1n) is 6.81. The number of carbonyl (C=O) groups excluding carboxylic acids is 1. The van der Waals surface area contributed by atoms with Gasteiger partial charge in [-0.3, -0.25) is 4.79 Å². The zero-order valence-electron chi connectivity index (χ0n) is 12.7. The molecule has 0 aromatic heterocycles. The quantitative estimate of drug-likeness (QED) is 0.624. The van der Waals surface area contributed by atoms with Crippen molar-refractivity contribution in [3.8, 4) is 0 Å². The summed E-state index contributed by atoms with van der Waals surface area (Å²) in [6.45, 7) is 0. The molecule has 0 saturated heterocycles. The normalized spacial score (nSPS) is 12.0. The lowest BCUT2D eigenvalue weighted by Crippen LogP contribution is -2.22. The summed E-state index contributed by atoms with van der Waals surface area (Å²) >= 11 is 0. The molecule has 2 aromatic rings. The summed E-state index contributed by atoms with van der Waals surface area (Å²) in [5.41, 5.74) is 0.931. The van der Waals surface area contributed by atoms with E-state index in [4.69, 9.17) is 0 Å².